The standard InChI is InChI=1S/C25H29NO6/c1-5-30-23(25(27)28)12-17-8-6-7-9-22(17)31-15-18-14-26-21-13-19(29-4)10-11-20(21)24(18)32-16(2)3/h6-11,13-14,16,23H,5,12,15H2,1-4H3,(H,27,28). The van der Waals surface area contributed by atoms with Crippen LogP contribution in [0.2, 0.25) is 0 Å². The van der Waals surface area contributed by atoms with Gasteiger partial charge in [0.1, 0.15) is 23.9 Å². The van der Waals surface area contributed by atoms with Crippen LogP contribution >= 0.6 is 0 Å². The van der Waals surface area contributed by atoms with Crippen molar-refractivity contribution in [1.82, 2.24) is 4.98 Å². The molecule has 0 saturated carbocycles. The van der Waals surface area contributed by atoms with Gasteiger partial charge in [-0.3, -0.25) is 4.98 Å². The van der Waals surface area contributed by atoms with E-state index in [1.807, 2.05) is 56.3 Å². The van der Waals surface area contributed by atoms with E-state index in [0.717, 1.165) is 27.8 Å². The molecule has 0 saturated heterocycles. The van der Waals surface area contributed by atoms with E-state index in [-0.39, 0.29) is 19.1 Å². The Morgan fingerprint density at radius 2 is 1.91 bits per heavy atom. The Kier molecular flexibility index (Phi) is 7.89. The molecule has 7 nitrogen and oxygen atoms in total. The molecule has 3 aromatic rings. The highest BCUT2D eigenvalue weighted by molar-refractivity contribution is 5.87. The van der Waals surface area contributed by atoms with Crippen molar-refractivity contribution in [1.29, 1.82) is 0 Å². The van der Waals surface area contributed by atoms with Crippen molar-refractivity contribution in [2.75, 3.05) is 13.7 Å². The first kappa shape index (κ1) is 23.3. The van der Waals surface area contributed by atoms with E-state index in [9.17, 15) is 9.90 Å². The molecule has 0 amide bonds. The maximum absolute atomic E-state index is 11.5. The molecule has 0 spiro atoms. The van der Waals surface area contributed by atoms with Gasteiger partial charge in [-0.05, 0) is 44.5 Å². The van der Waals surface area contributed by atoms with Gasteiger partial charge in [-0.2, -0.15) is 0 Å². The van der Waals surface area contributed by atoms with E-state index >= 15 is 0 Å². The molecule has 1 N–H and O–H groups in total. The van der Waals surface area contributed by atoms with E-state index in [4.69, 9.17) is 18.9 Å². The predicted molar refractivity (Wildman–Crippen MR) is 122 cm³/mol. The van der Waals surface area contributed by atoms with Crippen LogP contribution in [0.25, 0.3) is 10.9 Å². The molecule has 1 unspecified atom stereocenters. The molecule has 0 bridgehead atoms. The van der Waals surface area contributed by atoms with Crippen LogP contribution in [0.1, 0.15) is 31.9 Å². The topological polar surface area (TPSA) is 87.1 Å². The molecular weight excluding hydrogens is 410 g/mol. The number of benzene rings is 2. The summed E-state index contributed by atoms with van der Waals surface area (Å²) in [5.41, 5.74) is 2.33. The number of rotatable bonds is 11. The highest BCUT2D eigenvalue weighted by Crippen LogP contribution is 2.33. The van der Waals surface area contributed by atoms with Crippen LogP contribution < -0.4 is 14.2 Å². The fourth-order valence-corrected chi connectivity index (χ4v) is 3.38. The molecule has 1 aromatic heterocycles. The largest absolute Gasteiger partial charge is 0.497 e. The van der Waals surface area contributed by atoms with Crippen molar-refractivity contribution in [3.63, 3.8) is 0 Å². The monoisotopic (exact) mass is 439 g/mol. The summed E-state index contributed by atoms with van der Waals surface area (Å²) < 4.78 is 22.9. The second-order valence-electron chi connectivity index (χ2n) is 7.54. The fourth-order valence-electron chi connectivity index (χ4n) is 3.38. The zero-order valence-corrected chi connectivity index (χ0v) is 18.8. The number of pyridine rings is 1. The Balaban J connectivity index is 1.88. The first-order chi connectivity index (χ1) is 15.4. The third-order valence-electron chi connectivity index (χ3n) is 4.86. The van der Waals surface area contributed by atoms with Gasteiger partial charge in [-0.15, -0.1) is 0 Å². The molecule has 170 valence electrons. The molecule has 3 rings (SSSR count). The summed E-state index contributed by atoms with van der Waals surface area (Å²) in [6, 6.07) is 13.0. The number of hydrogen-bond acceptors (Lipinski definition) is 6. The number of carbonyl (C=O) groups is 1. The van der Waals surface area contributed by atoms with Gasteiger partial charge in [0.25, 0.3) is 0 Å². The minimum Gasteiger partial charge on any atom is -0.497 e. The second-order valence-corrected chi connectivity index (χ2v) is 7.54. The van der Waals surface area contributed by atoms with Gasteiger partial charge in [0.05, 0.1) is 24.3 Å². The van der Waals surface area contributed by atoms with Gasteiger partial charge in [0.2, 0.25) is 0 Å². The first-order valence-electron chi connectivity index (χ1n) is 10.6. The Labute approximate surface area is 187 Å². The lowest BCUT2D eigenvalue weighted by Gasteiger charge is -2.19. The third-order valence-corrected chi connectivity index (χ3v) is 4.86. The van der Waals surface area contributed by atoms with Crippen molar-refractivity contribution in [2.24, 2.45) is 0 Å². The normalized spacial score (nSPS) is 12.0. The maximum atomic E-state index is 11.5. The molecule has 1 heterocycles. The highest BCUT2D eigenvalue weighted by Gasteiger charge is 2.20. The summed E-state index contributed by atoms with van der Waals surface area (Å²) in [7, 11) is 1.62. The number of methoxy groups -OCH3 is 1. The molecular formula is C25H29NO6. The highest BCUT2D eigenvalue weighted by atomic mass is 16.5. The molecule has 1 atom stereocenters. The second kappa shape index (κ2) is 10.8. The molecule has 0 aliphatic heterocycles. The summed E-state index contributed by atoms with van der Waals surface area (Å²) in [6.45, 7) is 6.26. The van der Waals surface area contributed by atoms with Crippen molar-refractivity contribution >= 4 is 16.9 Å². The van der Waals surface area contributed by atoms with Crippen LogP contribution in [0.4, 0.5) is 0 Å². The quantitative estimate of drug-likeness (QED) is 0.466. The predicted octanol–water partition coefficient (Wildman–Crippen LogP) is 4.64. The lowest BCUT2D eigenvalue weighted by molar-refractivity contribution is -0.149. The Bertz CT molecular complexity index is 1070. The van der Waals surface area contributed by atoms with Crippen LogP contribution in [0, 0.1) is 0 Å². The van der Waals surface area contributed by atoms with Crippen LogP contribution in [0.15, 0.2) is 48.7 Å². The number of hydrogen-bond donors (Lipinski definition) is 1. The molecule has 7 heteroatoms. The molecule has 0 radical (unpaired) electrons. The van der Waals surface area contributed by atoms with E-state index in [1.54, 1.807) is 20.2 Å². The number of aromatic nitrogens is 1. The average Bonchev–Trinajstić information content (AvgIpc) is 2.78. The summed E-state index contributed by atoms with van der Waals surface area (Å²) >= 11 is 0. The number of carboxylic acids is 1. The van der Waals surface area contributed by atoms with Gasteiger partial charge in [-0.25, -0.2) is 4.79 Å². The number of para-hydroxylation sites is 1. The molecule has 0 aliphatic rings. The van der Waals surface area contributed by atoms with Gasteiger partial charge >= 0.3 is 5.97 Å². The van der Waals surface area contributed by atoms with E-state index < -0.39 is 12.1 Å². The number of aliphatic carboxylic acids is 1. The molecule has 0 aliphatic carbocycles. The van der Waals surface area contributed by atoms with Crippen LogP contribution in [0.3, 0.4) is 0 Å². The zero-order valence-electron chi connectivity index (χ0n) is 18.8. The smallest absolute Gasteiger partial charge is 0.333 e. The van der Waals surface area contributed by atoms with Crippen molar-refractivity contribution < 1.29 is 28.8 Å². The lowest BCUT2D eigenvalue weighted by Crippen LogP contribution is -2.26. The van der Waals surface area contributed by atoms with Crippen LogP contribution in [-0.4, -0.2) is 42.0 Å². The van der Waals surface area contributed by atoms with E-state index in [1.165, 1.54) is 0 Å². The number of ether oxygens (including phenoxy) is 4. The van der Waals surface area contributed by atoms with Gasteiger partial charge in [-0.1, -0.05) is 18.2 Å². The zero-order chi connectivity index (χ0) is 23.1. The number of fused-ring (bicyclic) bond motifs is 1. The van der Waals surface area contributed by atoms with Crippen LogP contribution in [0.5, 0.6) is 17.2 Å². The fraction of sp³-hybridized carbons (Fsp3) is 0.360. The Hall–Kier alpha value is -3.32. The number of carboxylic acid groups (broad SMARTS) is 1. The Morgan fingerprint density at radius 3 is 2.59 bits per heavy atom. The lowest BCUT2D eigenvalue weighted by atomic mass is 10.1. The Morgan fingerprint density at radius 1 is 1.12 bits per heavy atom. The summed E-state index contributed by atoms with van der Waals surface area (Å²) in [4.78, 5) is 16.1. The average molecular weight is 440 g/mol. The third kappa shape index (κ3) is 5.68. The van der Waals surface area contributed by atoms with Gasteiger partial charge < -0.3 is 24.1 Å². The first-order valence-corrected chi connectivity index (χ1v) is 10.6. The van der Waals surface area contributed by atoms with Crippen molar-refractivity contribution in [2.45, 2.75) is 46.0 Å². The summed E-state index contributed by atoms with van der Waals surface area (Å²) in [5.74, 6) is 1.04. The van der Waals surface area contributed by atoms with Crippen molar-refractivity contribution in [3.05, 3.63) is 59.8 Å². The SMILES string of the molecule is CCOC(Cc1ccccc1OCc1cnc2cc(OC)ccc2c1OC(C)C)C(=O)O. The maximum Gasteiger partial charge on any atom is 0.333 e. The van der Waals surface area contributed by atoms with Gasteiger partial charge in [0, 0.05) is 30.7 Å². The summed E-state index contributed by atoms with van der Waals surface area (Å²) in [6.07, 6.45) is 0.991. The number of nitrogens with zero attached hydrogens (tertiary/aromatic N) is 1. The van der Waals surface area contributed by atoms with Crippen LogP contribution in [-0.2, 0) is 22.6 Å². The molecule has 32 heavy (non-hydrogen) atoms. The van der Waals surface area contributed by atoms with Gasteiger partial charge in [0.15, 0.2) is 6.10 Å². The minimum atomic E-state index is -0.997. The molecule has 2 aromatic carbocycles. The summed E-state index contributed by atoms with van der Waals surface area (Å²) in [5, 5.41) is 10.3. The van der Waals surface area contributed by atoms with Crippen molar-refractivity contribution in [3.8, 4) is 17.2 Å². The molecule has 0 fully saturated rings. The van der Waals surface area contributed by atoms with E-state index in [2.05, 4.69) is 4.98 Å². The minimum absolute atomic E-state index is 0.0312. The van der Waals surface area contributed by atoms with E-state index in [0.29, 0.717) is 18.1 Å².